The first-order valence-corrected chi connectivity index (χ1v) is 9.32. The van der Waals surface area contributed by atoms with Crippen molar-refractivity contribution >= 4 is 18.2 Å². The number of hydrogen-bond donors (Lipinski definition) is 0. The predicted octanol–water partition coefficient (Wildman–Crippen LogP) is 4.47. The number of aliphatic imine (C=N–C) groups is 1. The summed E-state index contributed by atoms with van der Waals surface area (Å²) in [6, 6.07) is 0. The van der Waals surface area contributed by atoms with E-state index in [9.17, 15) is 9.59 Å². The zero-order valence-electron chi connectivity index (χ0n) is 15.7. The van der Waals surface area contributed by atoms with Crippen LogP contribution in [0.2, 0.25) is 0 Å². The maximum absolute atomic E-state index is 11.1. The summed E-state index contributed by atoms with van der Waals surface area (Å²) in [5.74, 6) is -0.324. The van der Waals surface area contributed by atoms with Gasteiger partial charge in [0, 0.05) is 19.9 Å². The second-order valence-corrected chi connectivity index (χ2v) is 6.13. The monoisotopic (exact) mass is 341 g/mol. The molecule has 0 bridgehead atoms. The highest BCUT2D eigenvalue weighted by Crippen LogP contribution is 2.12. The second kappa shape index (κ2) is 16.5. The Balaban J connectivity index is 3.64. The van der Waals surface area contributed by atoms with Crippen molar-refractivity contribution in [1.29, 1.82) is 0 Å². The first-order chi connectivity index (χ1) is 11.6. The Morgan fingerprint density at radius 2 is 1.79 bits per heavy atom. The van der Waals surface area contributed by atoms with Gasteiger partial charge in [0.1, 0.15) is 6.10 Å². The molecule has 1 atom stereocenters. The molecule has 5 heteroatoms. The minimum Gasteiger partial charge on any atom is -0.469 e. The van der Waals surface area contributed by atoms with Crippen molar-refractivity contribution < 1.29 is 19.1 Å². The Labute approximate surface area is 147 Å². The summed E-state index contributed by atoms with van der Waals surface area (Å²) in [4.78, 5) is 26.5. The van der Waals surface area contributed by atoms with E-state index in [-0.39, 0.29) is 18.0 Å². The minimum atomic E-state index is -0.194. The molecular weight excluding hydrogens is 306 g/mol. The summed E-state index contributed by atoms with van der Waals surface area (Å²) in [7, 11) is 1.42. The van der Waals surface area contributed by atoms with E-state index in [1.165, 1.54) is 26.9 Å². The maximum Gasteiger partial charge on any atom is 0.305 e. The lowest BCUT2D eigenvalue weighted by atomic mass is 10.1. The molecule has 0 aromatic heterocycles. The largest absolute Gasteiger partial charge is 0.469 e. The number of methoxy groups -OCH3 is 1. The Kier molecular flexibility index (Phi) is 15.5. The van der Waals surface area contributed by atoms with Crippen LogP contribution >= 0.6 is 0 Å². The summed E-state index contributed by atoms with van der Waals surface area (Å²) in [6.45, 7) is 4.47. The van der Waals surface area contributed by atoms with Crippen molar-refractivity contribution in [3.8, 4) is 0 Å². The van der Waals surface area contributed by atoms with Crippen molar-refractivity contribution in [3.05, 3.63) is 0 Å². The van der Waals surface area contributed by atoms with E-state index in [2.05, 4.69) is 16.7 Å². The molecule has 0 spiro atoms. The molecule has 5 nitrogen and oxygen atoms in total. The molecule has 0 radical (unpaired) electrons. The molecule has 0 fully saturated rings. The molecule has 0 aromatic rings. The van der Waals surface area contributed by atoms with Crippen LogP contribution in [0.25, 0.3) is 0 Å². The van der Waals surface area contributed by atoms with Gasteiger partial charge in [-0.1, -0.05) is 32.6 Å². The van der Waals surface area contributed by atoms with E-state index in [1.807, 2.05) is 6.21 Å². The smallest absolute Gasteiger partial charge is 0.305 e. The quantitative estimate of drug-likeness (QED) is 0.250. The van der Waals surface area contributed by atoms with E-state index >= 15 is 0 Å². The number of nitrogens with zero attached hydrogens (tertiary/aromatic N) is 1. The standard InChI is InChI=1S/C19H35NO4/c1-4-5-8-12-18(24-17(2)21)13-11-16-20-15-10-7-6-9-14-19(22)23-3/h16,18H,4-15H2,1-3H3/t18-/m0/s1. The van der Waals surface area contributed by atoms with E-state index in [0.717, 1.165) is 57.9 Å². The summed E-state index contributed by atoms with van der Waals surface area (Å²) >= 11 is 0. The Bertz CT molecular complexity index is 355. The van der Waals surface area contributed by atoms with E-state index < -0.39 is 0 Å². The van der Waals surface area contributed by atoms with Gasteiger partial charge < -0.3 is 9.47 Å². The minimum absolute atomic E-state index is 0.0267. The summed E-state index contributed by atoms with van der Waals surface area (Å²) in [6.07, 6.45) is 12.7. The molecule has 0 saturated heterocycles. The van der Waals surface area contributed by atoms with Gasteiger partial charge in [-0.3, -0.25) is 14.6 Å². The molecule has 0 aliphatic rings. The first kappa shape index (κ1) is 22.6. The highest BCUT2D eigenvalue weighted by Gasteiger charge is 2.10. The van der Waals surface area contributed by atoms with Gasteiger partial charge in [0.2, 0.25) is 0 Å². The topological polar surface area (TPSA) is 65.0 Å². The van der Waals surface area contributed by atoms with Crippen LogP contribution in [0.1, 0.15) is 84.5 Å². The number of unbranched alkanes of at least 4 members (excludes halogenated alkanes) is 5. The van der Waals surface area contributed by atoms with E-state index in [4.69, 9.17) is 4.74 Å². The van der Waals surface area contributed by atoms with E-state index in [0.29, 0.717) is 6.42 Å². The number of hydrogen-bond acceptors (Lipinski definition) is 5. The lowest BCUT2D eigenvalue weighted by molar-refractivity contribution is -0.147. The van der Waals surface area contributed by atoms with E-state index in [1.54, 1.807) is 0 Å². The van der Waals surface area contributed by atoms with Crippen LogP contribution < -0.4 is 0 Å². The molecule has 0 rings (SSSR count). The number of ether oxygens (including phenoxy) is 2. The van der Waals surface area contributed by atoms with Crippen LogP contribution in [-0.4, -0.2) is 37.9 Å². The third-order valence-electron chi connectivity index (χ3n) is 3.85. The van der Waals surface area contributed by atoms with Gasteiger partial charge >= 0.3 is 11.9 Å². The lowest BCUT2D eigenvalue weighted by Gasteiger charge is -2.15. The van der Waals surface area contributed by atoms with Gasteiger partial charge in [-0.25, -0.2) is 0 Å². The zero-order chi connectivity index (χ0) is 18.0. The van der Waals surface area contributed by atoms with Gasteiger partial charge in [-0.05, 0) is 44.7 Å². The molecule has 0 unspecified atom stereocenters. The van der Waals surface area contributed by atoms with Gasteiger partial charge in [0.05, 0.1) is 7.11 Å². The van der Waals surface area contributed by atoms with Crippen molar-refractivity contribution in [3.63, 3.8) is 0 Å². The van der Waals surface area contributed by atoms with Crippen LogP contribution in [0, 0.1) is 0 Å². The van der Waals surface area contributed by atoms with Crippen LogP contribution in [0.15, 0.2) is 4.99 Å². The fourth-order valence-corrected chi connectivity index (χ4v) is 2.49. The highest BCUT2D eigenvalue weighted by atomic mass is 16.5. The van der Waals surface area contributed by atoms with Crippen molar-refractivity contribution in [2.24, 2.45) is 4.99 Å². The predicted molar refractivity (Wildman–Crippen MR) is 97.4 cm³/mol. The van der Waals surface area contributed by atoms with Crippen molar-refractivity contribution in [1.82, 2.24) is 0 Å². The molecule has 0 N–H and O–H groups in total. The van der Waals surface area contributed by atoms with Crippen LogP contribution in [0.4, 0.5) is 0 Å². The summed E-state index contributed by atoms with van der Waals surface area (Å²) < 4.78 is 9.96. The Morgan fingerprint density at radius 3 is 2.46 bits per heavy atom. The van der Waals surface area contributed by atoms with Crippen LogP contribution in [-0.2, 0) is 19.1 Å². The van der Waals surface area contributed by atoms with Gasteiger partial charge in [-0.2, -0.15) is 0 Å². The van der Waals surface area contributed by atoms with Gasteiger partial charge in [0.15, 0.2) is 0 Å². The van der Waals surface area contributed by atoms with Crippen molar-refractivity contribution in [2.45, 2.75) is 90.6 Å². The molecular formula is C19H35NO4. The van der Waals surface area contributed by atoms with Crippen LogP contribution in [0.3, 0.4) is 0 Å². The Hall–Kier alpha value is -1.39. The lowest BCUT2D eigenvalue weighted by Crippen LogP contribution is -2.16. The third-order valence-corrected chi connectivity index (χ3v) is 3.85. The number of carbonyl (C=O) groups is 2. The molecule has 0 aliphatic heterocycles. The molecule has 0 aliphatic carbocycles. The fourth-order valence-electron chi connectivity index (χ4n) is 2.49. The number of carbonyl (C=O) groups excluding carboxylic acids is 2. The summed E-state index contributed by atoms with van der Waals surface area (Å²) in [5.41, 5.74) is 0. The highest BCUT2D eigenvalue weighted by molar-refractivity contribution is 5.69. The SMILES string of the molecule is CCCCC[C@@H](CCC=NCCCCCCC(=O)OC)OC(C)=O. The maximum atomic E-state index is 11.1. The molecule has 140 valence electrons. The molecule has 0 amide bonds. The first-order valence-electron chi connectivity index (χ1n) is 9.32. The van der Waals surface area contributed by atoms with Crippen molar-refractivity contribution in [2.75, 3.05) is 13.7 Å². The normalized spacial score (nSPS) is 12.3. The second-order valence-electron chi connectivity index (χ2n) is 6.13. The zero-order valence-corrected chi connectivity index (χ0v) is 15.7. The Morgan fingerprint density at radius 1 is 1.04 bits per heavy atom. The van der Waals surface area contributed by atoms with Gasteiger partial charge in [0.25, 0.3) is 0 Å². The third kappa shape index (κ3) is 15.5. The number of rotatable bonds is 15. The molecule has 0 saturated carbocycles. The van der Waals surface area contributed by atoms with Gasteiger partial charge in [-0.15, -0.1) is 0 Å². The number of esters is 2. The average molecular weight is 341 g/mol. The summed E-state index contributed by atoms with van der Waals surface area (Å²) in [5, 5.41) is 0. The fraction of sp³-hybridized carbons (Fsp3) is 0.842. The van der Waals surface area contributed by atoms with Crippen LogP contribution in [0.5, 0.6) is 0 Å². The molecule has 24 heavy (non-hydrogen) atoms. The molecule has 0 heterocycles. The average Bonchev–Trinajstić information content (AvgIpc) is 2.55. The molecule has 0 aromatic carbocycles.